The van der Waals surface area contributed by atoms with Crippen LogP contribution < -0.4 is 14.8 Å². The van der Waals surface area contributed by atoms with Gasteiger partial charge < -0.3 is 44.7 Å². The van der Waals surface area contributed by atoms with Crippen LogP contribution in [-0.4, -0.2) is 93.0 Å². The van der Waals surface area contributed by atoms with Gasteiger partial charge in [-0.25, -0.2) is 4.98 Å². The fourth-order valence-corrected chi connectivity index (χ4v) is 4.53. The molecule has 0 aliphatic heterocycles. The third kappa shape index (κ3) is 11.1. The van der Waals surface area contributed by atoms with E-state index in [0.717, 1.165) is 12.8 Å². The second-order valence-corrected chi connectivity index (χ2v) is 11.2. The molecular formula is C36H44N4O9. The lowest BCUT2D eigenvalue weighted by Gasteiger charge is -2.15. The molecule has 1 aromatic heterocycles. The zero-order valence-corrected chi connectivity index (χ0v) is 28.0. The monoisotopic (exact) mass is 676 g/mol. The number of aromatic hydroxyl groups is 2. The number of nitrogens with one attached hydrogen (secondary N) is 1. The zero-order chi connectivity index (χ0) is 35.2. The predicted molar refractivity (Wildman–Crippen MR) is 184 cm³/mol. The number of carbonyl (C=O) groups is 1. The molecule has 0 spiro atoms. The van der Waals surface area contributed by atoms with E-state index in [4.69, 9.17) is 18.9 Å². The quantitative estimate of drug-likeness (QED) is 0.0602. The smallest absolute Gasteiger partial charge is 0.231 e. The van der Waals surface area contributed by atoms with E-state index in [-0.39, 0.29) is 72.4 Å². The average Bonchev–Trinajstić information content (AvgIpc) is 3.10. The third-order valence-electron chi connectivity index (χ3n) is 7.04. The Bertz CT molecular complexity index is 1560. The van der Waals surface area contributed by atoms with E-state index in [0.29, 0.717) is 42.4 Å². The van der Waals surface area contributed by atoms with Crippen LogP contribution in [0.2, 0.25) is 0 Å². The molecule has 4 aromatic rings. The van der Waals surface area contributed by atoms with E-state index in [9.17, 15) is 25.2 Å². The van der Waals surface area contributed by atoms with Crippen LogP contribution in [0.1, 0.15) is 50.4 Å². The number of ketones is 1. The molecule has 49 heavy (non-hydrogen) atoms. The molecule has 0 aliphatic rings. The number of phenols is 2. The fourth-order valence-electron chi connectivity index (χ4n) is 4.53. The molecular weight excluding hydrogens is 632 g/mol. The largest absolute Gasteiger partial charge is 0.507 e. The van der Waals surface area contributed by atoms with Gasteiger partial charge in [-0.3, -0.25) is 4.79 Å². The van der Waals surface area contributed by atoms with Gasteiger partial charge in [0, 0.05) is 43.0 Å². The summed E-state index contributed by atoms with van der Waals surface area (Å²) in [7, 11) is 0. The van der Waals surface area contributed by atoms with E-state index in [2.05, 4.69) is 20.3 Å². The van der Waals surface area contributed by atoms with Gasteiger partial charge in [-0.15, -0.1) is 0 Å². The summed E-state index contributed by atoms with van der Waals surface area (Å²) in [6.45, 7) is 7.04. The molecule has 5 N–H and O–H groups in total. The third-order valence-corrected chi connectivity index (χ3v) is 7.04. The Morgan fingerprint density at radius 3 is 1.61 bits per heavy atom. The highest BCUT2D eigenvalue weighted by Crippen LogP contribution is 2.35. The molecule has 262 valence electrons. The highest BCUT2D eigenvalue weighted by Gasteiger charge is 2.18. The topological polar surface area (TPSA) is 186 Å². The van der Waals surface area contributed by atoms with E-state index in [1.165, 1.54) is 12.1 Å². The Kier molecular flexibility index (Phi) is 14.1. The molecule has 3 aromatic carbocycles. The number of rotatable bonds is 20. The second kappa shape index (κ2) is 18.7. The van der Waals surface area contributed by atoms with Crippen LogP contribution in [0.4, 0.5) is 11.6 Å². The highest BCUT2D eigenvalue weighted by molar-refractivity contribution is 5.96. The zero-order valence-electron chi connectivity index (χ0n) is 28.0. The molecule has 2 atom stereocenters. The van der Waals surface area contributed by atoms with Crippen molar-refractivity contribution in [2.75, 3.05) is 45.0 Å². The maximum absolute atomic E-state index is 12.1. The Morgan fingerprint density at radius 1 is 0.694 bits per heavy atom. The van der Waals surface area contributed by atoms with Crippen LogP contribution in [0.5, 0.6) is 23.0 Å². The number of aliphatic hydroxyl groups excluding tert-OH is 2. The number of benzene rings is 3. The Balaban J connectivity index is 1.60. The fraction of sp³-hybridized carbons (Fsp3) is 0.389. The van der Waals surface area contributed by atoms with Crippen molar-refractivity contribution in [3.05, 3.63) is 66.2 Å². The lowest BCUT2D eigenvalue weighted by atomic mass is 10.1. The maximum atomic E-state index is 12.1. The number of phenolic OH excluding ortho intramolecular Hbond substituents is 2. The summed E-state index contributed by atoms with van der Waals surface area (Å²) in [5.74, 6) is 0.582. The lowest BCUT2D eigenvalue weighted by Crippen LogP contribution is -2.23. The normalized spacial score (nSPS) is 12.3. The molecule has 13 heteroatoms. The molecule has 2 unspecified atom stereocenters. The molecule has 0 fully saturated rings. The van der Waals surface area contributed by atoms with Crippen LogP contribution in [0.15, 0.2) is 60.7 Å². The van der Waals surface area contributed by atoms with Gasteiger partial charge in [-0.2, -0.15) is 9.97 Å². The minimum Gasteiger partial charge on any atom is -0.507 e. The number of hydrogen-bond acceptors (Lipinski definition) is 13. The van der Waals surface area contributed by atoms with Crippen molar-refractivity contribution in [2.45, 2.75) is 52.2 Å². The van der Waals surface area contributed by atoms with Crippen LogP contribution in [0, 0.1) is 0 Å². The Labute approximate surface area is 285 Å². The van der Waals surface area contributed by atoms with Crippen molar-refractivity contribution in [3.8, 4) is 45.8 Å². The number of carbonyl (C=O) groups excluding carboxylic acids is 1. The van der Waals surface area contributed by atoms with Gasteiger partial charge in [0.25, 0.3) is 0 Å². The van der Waals surface area contributed by atoms with Crippen LogP contribution in [0.3, 0.4) is 0 Å². The highest BCUT2D eigenvalue weighted by atomic mass is 16.5. The van der Waals surface area contributed by atoms with Gasteiger partial charge in [0.05, 0.1) is 24.3 Å². The lowest BCUT2D eigenvalue weighted by molar-refractivity contribution is 0.0123. The molecule has 13 nitrogen and oxygen atoms in total. The first-order valence-electron chi connectivity index (χ1n) is 16.3. The summed E-state index contributed by atoms with van der Waals surface area (Å²) in [4.78, 5) is 25.7. The first-order valence-corrected chi connectivity index (χ1v) is 16.3. The van der Waals surface area contributed by atoms with E-state index >= 15 is 0 Å². The first-order chi connectivity index (χ1) is 23.7. The van der Waals surface area contributed by atoms with Crippen molar-refractivity contribution >= 4 is 17.4 Å². The van der Waals surface area contributed by atoms with Gasteiger partial charge in [0.1, 0.15) is 48.4 Å². The summed E-state index contributed by atoms with van der Waals surface area (Å²) in [5, 5.41) is 45.3. The minimum absolute atomic E-state index is 0.0146. The Morgan fingerprint density at radius 2 is 1.18 bits per heavy atom. The molecule has 0 radical (unpaired) electrons. The SMILES string of the molecule is CCCOCC(O)COc1ccc(-c2nc(Nc3ccc(C(=O)CC)cc3)nc(-c3ccc(OCC(O)COCCC)cc3O)n2)c(O)c1. The van der Waals surface area contributed by atoms with Crippen LogP contribution in [-0.2, 0) is 9.47 Å². The molecule has 4 rings (SSSR count). The number of hydrogen-bond donors (Lipinski definition) is 5. The van der Waals surface area contributed by atoms with Gasteiger partial charge in [0.2, 0.25) is 5.95 Å². The maximum Gasteiger partial charge on any atom is 0.231 e. The first kappa shape index (κ1) is 37.0. The summed E-state index contributed by atoms with van der Waals surface area (Å²) in [6, 6.07) is 16.0. The molecule has 1 heterocycles. The van der Waals surface area contributed by atoms with E-state index in [1.54, 1.807) is 55.5 Å². The predicted octanol–water partition coefficient (Wildman–Crippen LogP) is 5.29. The van der Waals surface area contributed by atoms with Gasteiger partial charge in [-0.1, -0.05) is 20.8 Å². The van der Waals surface area contributed by atoms with Crippen molar-refractivity contribution in [1.82, 2.24) is 15.0 Å². The number of nitrogens with zero attached hydrogens (tertiary/aromatic N) is 3. The number of aliphatic hydroxyl groups is 2. The summed E-state index contributed by atoms with van der Waals surface area (Å²) >= 11 is 0. The number of aromatic nitrogens is 3. The van der Waals surface area contributed by atoms with Gasteiger partial charge >= 0.3 is 0 Å². The summed E-state index contributed by atoms with van der Waals surface area (Å²) in [5.41, 5.74) is 1.69. The molecule has 0 aliphatic carbocycles. The van der Waals surface area contributed by atoms with Gasteiger partial charge in [-0.05, 0) is 61.4 Å². The second-order valence-electron chi connectivity index (χ2n) is 11.2. The summed E-state index contributed by atoms with van der Waals surface area (Å²) < 4.78 is 22.0. The number of ether oxygens (including phenoxy) is 4. The molecule has 0 bridgehead atoms. The van der Waals surface area contributed by atoms with Crippen molar-refractivity contribution in [2.24, 2.45) is 0 Å². The van der Waals surface area contributed by atoms with E-state index < -0.39 is 12.2 Å². The van der Waals surface area contributed by atoms with Crippen molar-refractivity contribution < 1.29 is 44.2 Å². The summed E-state index contributed by atoms with van der Waals surface area (Å²) in [6.07, 6.45) is 0.388. The Hall–Kier alpha value is -4.82. The molecule has 0 saturated heterocycles. The van der Waals surface area contributed by atoms with Gasteiger partial charge in [0.15, 0.2) is 17.4 Å². The number of Topliss-reactive ketones (excluding diaryl/α,β-unsaturated/α-hetero) is 1. The standard InChI is InChI=1S/C36H44N4O9/c1-4-15-46-19-25(41)21-48-27-11-13-29(32(44)17-27)34-38-35(40-36(39-34)37-24-9-7-23(8-10-24)31(43)6-3)30-14-12-28(18-33(30)45)49-22-26(42)20-47-16-5-2/h7-14,17-18,25-26,41-42,44-45H,4-6,15-16,19-22H2,1-3H3,(H,37,38,39,40). The number of anilines is 2. The van der Waals surface area contributed by atoms with Crippen molar-refractivity contribution in [1.29, 1.82) is 0 Å². The van der Waals surface area contributed by atoms with Crippen molar-refractivity contribution in [3.63, 3.8) is 0 Å². The molecule has 0 saturated carbocycles. The van der Waals surface area contributed by atoms with Crippen LogP contribution in [0.25, 0.3) is 22.8 Å². The molecule has 0 amide bonds. The average molecular weight is 677 g/mol. The van der Waals surface area contributed by atoms with Crippen LogP contribution >= 0.6 is 0 Å². The van der Waals surface area contributed by atoms with E-state index in [1.807, 2.05) is 13.8 Å². The minimum atomic E-state index is -0.836.